The number of fused-ring (bicyclic) bond motifs is 1. The largest absolute Gasteiger partial charge is 0.379 e. The van der Waals surface area contributed by atoms with Gasteiger partial charge in [-0.05, 0) is 42.0 Å². The van der Waals surface area contributed by atoms with Crippen molar-refractivity contribution in [3.8, 4) is 0 Å². The highest BCUT2D eigenvalue weighted by molar-refractivity contribution is 5.85. The van der Waals surface area contributed by atoms with Gasteiger partial charge in [-0.1, -0.05) is 42.5 Å². The molecule has 136 valence electrons. The Morgan fingerprint density at radius 3 is 2.64 bits per heavy atom. The highest BCUT2D eigenvalue weighted by Gasteiger charge is 2.33. The van der Waals surface area contributed by atoms with Crippen molar-refractivity contribution in [3.63, 3.8) is 0 Å². The van der Waals surface area contributed by atoms with E-state index in [1.54, 1.807) is 0 Å². The fraction of sp³-hybridized carbons (Fsp3) is 0.524. The van der Waals surface area contributed by atoms with E-state index in [4.69, 9.17) is 9.47 Å². The van der Waals surface area contributed by atoms with Gasteiger partial charge < -0.3 is 9.47 Å². The summed E-state index contributed by atoms with van der Waals surface area (Å²) >= 11 is 0. The molecule has 1 saturated heterocycles. The molecule has 0 spiro atoms. The quantitative estimate of drug-likeness (QED) is 0.801. The summed E-state index contributed by atoms with van der Waals surface area (Å²) in [6, 6.07) is 15.9. The molecule has 0 bridgehead atoms. The minimum Gasteiger partial charge on any atom is -0.379 e. The van der Waals surface area contributed by atoms with Gasteiger partial charge in [-0.2, -0.15) is 0 Å². The second-order valence-electron chi connectivity index (χ2n) is 6.99. The number of ether oxygens (including phenoxy) is 2. The van der Waals surface area contributed by atoms with Crippen LogP contribution in [-0.2, 0) is 15.9 Å². The first-order valence-electron chi connectivity index (χ1n) is 9.31. The molecule has 4 rings (SSSR count). The molecule has 0 amide bonds. The van der Waals surface area contributed by atoms with Gasteiger partial charge in [-0.3, -0.25) is 4.90 Å². The maximum atomic E-state index is 6.30. The maximum absolute atomic E-state index is 6.30. The lowest BCUT2D eigenvalue weighted by atomic mass is 10.1. The molecular formula is C21H28ClNO2. The van der Waals surface area contributed by atoms with Crippen LogP contribution >= 0.6 is 12.4 Å². The Kier molecular flexibility index (Phi) is 6.71. The van der Waals surface area contributed by atoms with Crippen LogP contribution in [0.3, 0.4) is 0 Å². The topological polar surface area (TPSA) is 21.7 Å². The standard InChI is InChI=1S/C21H27NO2.ClH/c1-2-5-19-16-17(8-9-18(19)4-1)10-13-24-21-7-3-6-20(21)22-11-14-23-15-12-22;/h1-2,4-5,8-9,16,20-21H,3,6-7,10-15H2;1H/t20-,21-;/m0./s1. The van der Waals surface area contributed by atoms with Crippen molar-refractivity contribution in [2.75, 3.05) is 32.9 Å². The highest BCUT2D eigenvalue weighted by Crippen LogP contribution is 2.27. The first-order valence-corrected chi connectivity index (χ1v) is 9.31. The normalized spacial score (nSPS) is 24.3. The molecule has 3 nitrogen and oxygen atoms in total. The summed E-state index contributed by atoms with van der Waals surface area (Å²) in [7, 11) is 0. The Hall–Kier alpha value is -1.13. The van der Waals surface area contributed by atoms with Gasteiger partial charge in [-0.15, -0.1) is 12.4 Å². The van der Waals surface area contributed by atoms with Gasteiger partial charge in [-0.25, -0.2) is 0 Å². The van der Waals surface area contributed by atoms with Crippen LogP contribution in [0.15, 0.2) is 42.5 Å². The Morgan fingerprint density at radius 2 is 1.80 bits per heavy atom. The maximum Gasteiger partial charge on any atom is 0.0730 e. The summed E-state index contributed by atoms with van der Waals surface area (Å²) < 4.78 is 11.8. The number of nitrogens with zero attached hydrogens (tertiary/aromatic N) is 1. The predicted molar refractivity (Wildman–Crippen MR) is 105 cm³/mol. The lowest BCUT2D eigenvalue weighted by Gasteiger charge is -2.35. The lowest BCUT2D eigenvalue weighted by molar-refractivity contribution is -0.0366. The molecular weight excluding hydrogens is 334 g/mol. The van der Waals surface area contributed by atoms with E-state index in [9.17, 15) is 0 Å². The smallest absolute Gasteiger partial charge is 0.0730 e. The van der Waals surface area contributed by atoms with E-state index < -0.39 is 0 Å². The van der Waals surface area contributed by atoms with Gasteiger partial charge in [0.15, 0.2) is 0 Å². The van der Waals surface area contributed by atoms with Crippen molar-refractivity contribution in [2.24, 2.45) is 0 Å². The fourth-order valence-electron chi connectivity index (χ4n) is 4.15. The van der Waals surface area contributed by atoms with Crippen LogP contribution in [0.25, 0.3) is 10.8 Å². The number of rotatable bonds is 5. The van der Waals surface area contributed by atoms with Crippen LogP contribution in [0.5, 0.6) is 0 Å². The third kappa shape index (κ3) is 4.53. The zero-order valence-electron chi connectivity index (χ0n) is 14.7. The van der Waals surface area contributed by atoms with Gasteiger partial charge >= 0.3 is 0 Å². The Morgan fingerprint density at radius 1 is 1.00 bits per heavy atom. The third-order valence-electron chi connectivity index (χ3n) is 5.47. The van der Waals surface area contributed by atoms with Crippen LogP contribution in [0.2, 0.25) is 0 Å². The first-order chi connectivity index (χ1) is 11.9. The summed E-state index contributed by atoms with van der Waals surface area (Å²) in [5.41, 5.74) is 1.37. The molecule has 1 aliphatic heterocycles. The van der Waals surface area contributed by atoms with Crippen molar-refractivity contribution < 1.29 is 9.47 Å². The van der Waals surface area contributed by atoms with E-state index in [1.807, 2.05) is 0 Å². The summed E-state index contributed by atoms with van der Waals surface area (Å²) in [6.07, 6.45) is 5.18. The monoisotopic (exact) mass is 361 g/mol. The summed E-state index contributed by atoms with van der Waals surface area (Å²) in [5, 5.41) is 2.63. The average molecular weight is 362 g/mol. The molecule has 25 heavy (non-hydrogen) atoms. The van der Waals surface area contributed by atoms with Crippen molar-refractivity contribution in [1.29, 1.82) is 0 Å². The summed E-state index contributed by atoms with van der Waals surface area (Å²) in [4.78, 5) is 2.58. The van der Waals surface area contributed by atoms with E-state index in [2.05, 4.69) is 47.4 Å². The number of hydrogen-bond donors (Lipinski definition) is 0. The third-order valence-corrected chi connectivity index (χ3v) is 5.47. The van der Waals surface area contributed by atoms with Crippen molar-refractivity contribution >= 4 is 23.2 Å². The molecule has 0 unspecified atom stereocenters. The summed E-state index contributed by atoms with van der Waals surface area (Å²) in [5.74, 6) is 0. The SMILES string of the molecule is Cl.c1ccc2cc(CCO[C@H]3CCC[C@@H]3N3CCOCC3)ccc2c1. The molecule has 0 aromatic heterocycles. The second kappa shape index (κ2) is 9.00. The number of hydrogen-bond acceptors (Lipinski definition) is 3. The van der Waals surface area contributed by atoms with E-state index in [-0.39, 0.29) is 12.4 Å². The Bertz CT molecular complexity index is 672. The fourth-order valence-corrected chi connectivity index (χ4v) is 4.15. The Labute approximate surface area is 156 Å². The van der Waals surface area contributed by atoms with Gasteiger partial charge in [0.2, 0.25) is 0 Å². The minimum atomic E-state index is 0. The average Bonchev–Trinajstić information content (AvgIpc) is 3.11. The van der Waals surface area contributed by atoms with Crippen molar-refractivity contribution in [3.05, 3.63) is 48.0 Å². The van der Waals surface area contributed by atoms with Crippen LogP contribution in [0, 0.1) is 0 Å². The molecule has 2 fully saturated rings. The van der Waals surface area contributed by atoms with Crippen LogP contribution in [-0.4, -0.2) is 50.0 Å². The number of halogens is 1. The number of benzene rings is 2. The zero-order valence-corrected chi connectivity index (χ0v) is 15.5. The summed E-state index contributed by atoms with van der Waals surface area (Å²) in [6.45, 7) is 4.70. The molecule has 1 saturated carbocycles. The van der Waals surface area contributed by atoms with Crippen LogP contribution in [0.1, 0.15) is 24.8 Å². The molecule has 1 heterocycles. The predicted octanol–water partition coefficient (Wildman–Crippen LogP) is 4.07. The lowest BCUT2D eigenvalue weighted by Crippen LogP contribution is -2.47. The van der Waals surface area contributed by atoms with Crippen LogP contribution < -0.4 is 0 Å². The van der Waals surface area contributed by atoms with Gasteiger partial charge in [0, 0.05) is 19.1 Å². The van der Waals surface area contributed by atoms with Crippen molar-refractivity contribution in [1.82, 2.24) is 4.90 Å². The molecule has 2 aliphatic rings. The molecule has 0 N–H and O–H groups in total. The molecule has 4 heteroatoms. The van der Waals surface area contributed by atoms with E-state index >= 15 is 0 Å². The molecule has 2 atom stereocenters. The van der Waals surface area contributed by atoms with Crippen LogP contribution in [0.4, 0.5) is 0 Å². The van der Waals surface area contributed by atoms with E-state index in [1.165, 1.54) is 35.6 Å². The van der Waals surface area contributed by atoms with E-state index in [0.29, 0.717) is 12.1 Å². The first kappa shape index (κ1) is 18.7. The minimum absolute atomic E-state index is 0. The molecule has 2 aromatic carbocycles. The van der Waals surface area contributed by atoms with Gasteiger partial charge in [0.05, 0.1) is 25.9 Å². The molecule has 1 aliphatic carbocycles. The van der Waals surface area contributed by atoms with Crippen molar-refractivity contribution in [2.45, 2.75) is 37.8 Å². The number of morpholine rings is 1. The second-order valence-corrected chi connectivity index (χ2v) is 6.99. The highest BCUT2D eigenvalue weighted by atomic mass is 35.5. The Balaban J connectivity index is 0.00000182. The van der Waals surface area contributed by atoms with Gasteiger partial charge in [0.1, 0.15) is 0 Å². The molecule has 0 radical (unpaired) electrons. The van der Waals surface area contributed by atoms with E-state index in [0.717, 1.165) is 39.3 Å². The molecule has 2 aromatic rings. The van der Waals surface area contributed by atoms with Gasteiger partial charge in [0.25, 0.3) is 0 Å². The zero-order chi connectivity index (χ0) is 16.2.